The van der Waals surface area contributed by atoms with Crippen molar-refractivity contribution in [2.24, 2.45) is 5.92 Å². The first kappa shape index (κ1) is 20.0. The van der Waals surface area contributed by atoms with Crippen LogP contribution in [-0.2, 0) is 11.3 Å². The minimum atomic E-state index is -0.201. The van der Waals surface area contributed by atoms with Gasteiger partial charge in [-0.05, 0) is 47.5 Å². The van der Waals surface area contributed by atoms with Gasteiger partial charge in [0.2, 0.25) is 0 Å². The average Bonchev–Trinajstić information content (AvgIpc) is 3.14. The van der Waals surface area contributed by atoms with Gasteiger partial charge >= 0.3 is 0 Å². The summed E-state index contributed by atoms with van der Waals surface area (Å²) in [4.78, 5) is 26.9. The third kappa shape index (κ3) is 4.19. The van der Waals surface area contributed by atoms with Crippen molar-refractivity contribution in [2.45, 2.75) is 20.4 Å². The van der Waals surface area contributed by atoms with Crippen molar-refractivity contribution in [3.63, 3.8) is 0 Å². The molecule has 0 atom stereocenters. The minimum Gasteiger partial charge on any atom is -0.342 e. The molecule has 0 bridgehead atoms. The number of rotatable bonds is 5. The molecule has 1 aliphatic heterocycles. The fraction of sp³-hybridized carbons (Fsp3) is 0.217. The Labute approximate surface area is 182 Å². The highest BCUT2D eigenvalue weighted by Gasteiger charge is 2.35. The first-order valence-electron chi connectivity index (χ1n) is 9.50. The second-order valence-corrected chi connectivity index (χ2v) is 9.45. The van der Waals surface area contributed by atoms with Crippen LogP contribution in [0, 0.1) is 5.92 Å². The summed E-state index contributed by atoms with van der Waals surface area (Å²) in [5.41, 5.74) is 3.23. The van der Waals surface area contributed by atoms with E-state index in [2.05, 4.69) is 51.0 Å². The van der Waals surface area contributed by atoms with Crippen LogP contribution < -0.4 is 0 Å². The van der Waals surface area contributed by atoms with E-state index >= 15 is 0 Å². The van der Waals surface area contributed by atoms with E-state index in [-0.39, 0.29) is 17.1 Å². The fourth-order valence-corrected chi connectivity index (χ4v) is 4.69. The van der Waals surface area contributed by atoms with Crippen molar-refractivity contribution in [2.75, 3.05) is 6.54 Å². The second-order valence-electron chi connectivity index (χ2n) is 7.55. The van der Waals surface area contributed by atoms with Crippen LogP contribution >= 0.6 is 27.7 Å². The number of fused-ring (bicyclic) bond motifs is 1. The van der Waals surface area contributed by atoms with Gasteiger partial charge in [-0.15, -0.1) is 0 Å². The number of halogens is 1. The molecule has 1 aromatic heterocycles. The number of thioether (sulfide) groups is 1. The maximum absolute atomic E-state index is 12.8. The van der Waals surface area contributed by atoms with Gasteiger partial charge in [-0.25, -0.2) is 0 Å². The van der Waals surface area contributed by atoms with E-state index in [1.807, 2.05) is 44.2 Å². The van der Waals surface area contributed by atoms with Gasteiger partial charge in [-0.3, -0.25) is 14.5 Å². The summed E-state index contributed by atoms with van der Waals surface area (Å²) in [5.74, 6) is 0.0410. The van der Waals surface area contributed by atoms with Gasteiger partial charge in [0.15, 0.2) is 0 Å². The summed E-state index contributed by atoms with van der Waals surface area (Å²) in [7, 11) is 0. The summed E-state index contributed by atoms with van der Waals surface area (Å²) >= 11 is 4.57. The van der Waals surface area contributed by atoms with Crippen LogP contribution in [0.15, 0.2) is 64.1 Å². The lowest BCUT2D eigenvalue weighted by atomic mass is 10.1. The van der Waals surface area contributed by atoms with Crippen LogP contribution in [0.4, 0.5) is 4.79 Å². The molecule has 0 aliphatic carbocycles. The normalized spacial score (nSPS) is 16.0. The molecule has 2 aromatic carbocycles. The zero-order chi connectivity index (χ0) is 20.5. The topological polar surface area (TPSA) is 42.3 Å². The number of aromatic nitrogens is 1. The van der Waals surface area contributed by atoms with Crippen LogP contribution in [0.2, 0.25) is 0 Å². The molecule has 0 spiro atoms. The highest BCUT2D eigenvalue weighted by Crippen LogP contribution is 2.35. The number of hydrogen-bond donors (Lipinski definition) is 0. The Morgan fingerprint density at radius 2 is 1.86 bits per heavy atom. The Hall–Kier alpha value is -2.31. The summed E-state index contributed by atoms with van der Waals surface area (Å²) in [6.07, 6.45) is 3.90. The summed E-state index contributed by atoms with van der Waals surface area (Å²) in [5, 5.41) is 0.857. The van der Waals surface area contributed by atoms with Crippen LogP contribution in [0.5, 0.6) is 0 Å². The maximum atomic E-state index is 12.8. The number of carbonyl (C=O) groups excluding carboxylic acids is 2. The third-order valence-corrected chi connectivity index (χ3v) is 6.18. The van der Waals surface area contributed by atoms with Gasteiger partial charge in [-0.2, -0.15) is 0 Å². The first-order valence-corrected chi connectivity index (χ1v) is 11.1. The van der Waals surface area contributed by atoms with E-state index in [9.17, 15) is 9.59 Å². The number of nitrogens with zero attached hydrogens (tertiary/aromatic N) is 2. The van der Waals surface area contributed by atoms with Crippen LogP contribution in [-0.4, -0.2) is 27.2 Å². The Morgan fingerprint density at radius 3 is 2.59 bits per heavy atom. The molecule has 29 heavy (non-hydrogen) atoms. The van der Waals surface area contributed by atoms with Crippen LogP contribution in [0.3, 0.4) is 0 Å². The van der Waals surface area contributed by atoms with E-state index in [1.54, 1.807) is 0 Å². The first-order chi connectivity index (χ1) is 13.9. The molecule has 1 aliphatic rings. The quantitative estimate of drug-likeness (QED) is 0.422. The highest BCUT2D eigenvalue weighted by molar-refractivity contribution is 9.10. The molecule has 6 heteroatoms. The van der Waals surface area contributed by atoms with Gasteiger partial charge in [0.25, 0.3) is 11.1 Å². The largest absolute Gasteiger partial charge is 0.342 e. The van der Waals surface area contributed by atoms with Crippen molar-refractivity contribution < 1.29 is 9.59 Å². The smallest absolute Gasteiger partial charge is 0.293 e. The minimum absolute atomic E-state index is 0.191. The van der Waals surface area contributed by atoms with Crippen molar-refractivity contribution >= 4 is 55.8 Å². The Bertz CT molecular complexity index is 1120. The summed E-state index contributed by atoms with van der Waals surface area (Å²) in [6, 6.07) is 16.4. The van der Waals surface area contributed by atoms with E-state index < -0.39 is 0 Å². The molecular formula is C23H21BrN2O2S. The van der Waals surface area contributed by atoms with Crippen LogP contribution in [0.25, 0.3) is 17.0 Å². The van der Waals surface area contributed by atoms with Gasteiger partial charge in [0.05, 0.1) is 4.91 Å². The summed E-state index contributed by atoms with van der Waals surface area (Å²) in [6.45, 7) is 5.19. The number of benzene rings is 2. The molecule has 0 N–H and O–H groups in total. The zero-order valence-corrected chi connectivity index (χ0v) is 18.7. The maximum Gasteiger partial charge on any atom is 0.293 e. The van der Waals surface area contributed by atoms with Crippen molar-refractivity contribution in [1.29, 1.82) is 0 Å². The summed E-state index contributed by atoms with van der Waals surface area (Å²) < 4.78 is 3.16. The molecule has 3 aromatic rings. The standard InChI is InChI=1S/C23H21BrN2O2S/c1-15(2)12-26-22(27)21(29-23(26)28)10-17-14-25(13-16-6-4-3-5-7-16)20-9-8-18(24)11-19(17)20/h3-11,14-15H,12-13H2,1-2H3/b21-10-. The zero-order valence-electron chi connectivity index (χ0n) is 16.3. The van der Waals surface area contributed by atoms with Crippen molar-refractivity contribution in [3.05, 3.63) is 75.2 Å². The Morgan fingerprint density at radius 1 is 1.10 bits per heavy atom. The second kappa shape index (κ2) is 8.20. The van der Waals surface area contributed by atoms with Crippen molar-refractivity contribution in [1.82, 2.24) is 9.47 Å². The third-order valence-electron chi connectivity index (χ3n) is 4.78. The Balaban J connectivity index is 1.74. The monoisotopic (exact) mass is 468 g/mol. The molecule has 4 nitrogen and oxygen atoms in total. The predicted octanol–water partition coefficient (Wildman–Crippen LogP) is 6.14. The molecule has 0 saturated carbocycles. The Kier molecular flexibility index (Phi) is 5.65. The fourth-order valence-electron chi connectivity index (χ4n) is 3.49. The van der Waals surface area contributed by atoms with Gasteiger partial charge in [0.1, 0.15) is 0 Å². The van der Waals surface area contributed by atoms with Gasteiger partial charge in [0, 0.05) is 40.2 Å². The molecule has 0 unspecified atom stereocenters. The molecule has 1 fully saturated rings. The van der Waals surface area contributed by atoms with E-state index in [0.29, 0.717) is 11.4 Å². The van der Waals surface area contributed by atoms with Gasteiger partial charge < -0.3 is 4.57 Å². The number of imide groups is 1. The molecule has 4 rings (SSSR count). The lowest BCUT2D eigenvalue weighted by molar-refractivity contribution is -0.123. The molecule has 2 heterocycles. The van der Waals surface area contributed by atoms with E-state index in [4.69, 9.17) is 0 Å². The molecule has 0 radical (unpaired) electrons. The molecule has 1 saturated heterocycles. The SMILES string of the molecule is CC(C)CN1C(=O)S/C(=C\c2cn(Cc3ccccc3)c3ccc(Br)cc23)C1=O. The van der Waals surface area contributed by atoms with Gasteiger partial charge in [-0.1, -0.05) is 60.1 Å². The highest BCUT2D eigenvalue weighted by atomic mass is 79.9. The number of carbonyl (C=O) groups is 2. The van der Waals surface area contributed by atoms with E-state index in [1.165, 1.54) is 10.5 Å². The predicted molar refractivity (Wildman–Crippen MR) is 123 cm³/mol. The lowest BCUT2D eigenvalue weighted by Crippen LogP contribution is -2.31. The number of amides is 2. The molecule has 148 valence electrons. The van der Waals surface area contributed by atoms with Crippen molar-refractivity contribution in [3.8, 4) is 0 Å². The lowest BCUT2D eigenvalue weighted by Gasteiger charge is -2.14. The average molecular weight is 469 g/mol. The number of hydrogen-bond acceptors (Lipinski definition) is 3. The molecule has 2 amide bonds. The molecular weight excluding hydrogens is 448 g/mol. The van der Waals surface area contributed by atoms with E-state index in [0.717, 1.165) is 39.2 Å². The van der Waals surface area contributed by atoms with Crippen LogP contribution in [0.1, 0.15) is 25.0 Å².